The van der Waals surface area contributed by atoms with Crippen LogP contribution in [0.3, 0.4) is 0 Å². The number of aromatic nitrogens is 4. The zero-order valence-corrected chi connectivity index (χ0v) is 51.1. The number of fused-ring (bicyclic) bond motifs is 9. The molecule has 8 heteroatoms. The van der Waals surface area contributed by atoms with Crippen LogP contribution in [-0.2, 0) is 10.8 Å². The molecule has 3 heterocycles. The van der Waals surface area contributed by atoms with Gasteiger partial charge in [0.1, 0.15) is 0 Å². The van der Waals surface area contributed by atoms with E-state index in [1.807, 2.05) is 18.5 Å². The second-order valence-corrected chi connectivity index (χ2v) is 27.4. The van der Waals surface area contributed by atoms with E-state index in [-0.39, 0.29) is 45.2 Å². The van der Waals surface area contributed by atoms with Crippen LogP contribution in [0.25, 0.3) is 130 Å². The molecule has 0 bridgehead atoms. The van der Waals surface area contributed by atoms with Crippen molar-refractivity contribution in [3.8, 4) is 0 Å². The summed E-state index contributed by atoms with van der Waals surface area (Å²) in [7, 11) is 0. The maximum atomic E-state index is 16.1. The highest BCUT2D eigenvalue weighted by atomic mass is 16.2. The molecule has 0 spiro atoms. The summed E-state index contributed by atoms with van der Waals surface area (Å²) in [6.45, 7) is 22.6. The number of aromatic amines is 1. The van der Waals surface area contributed by atoms with Crippen LogP contribution in [-0.4, -0.2) is 19.1 Å². The van der Waals surface area contributed by atoms with Crippen molar-refractivity contribution in [1.82, 2.24) is 19.1 Å². The summed E-state index contributed by atoms with van der Waals surface area (Å²) in [5, 5.41) is 19.9. The van der Waals surface area contributed by atoms with Crippen molar-refractivity contribution in [2.75, 3.05) is 0 Å². The van der Waals surface area contributed by atoms with Crippen molar-refractivity contribution < 1.29 is 0 Å². The maximum absolute atomic E-state index is 16.1. The van der Waals surface area contributed by atoms with Crippen molar-refractivity contribution in [2.24, 2.45) is 0 Å². The Hall–Kier alpha value is -6.93. The zero-order chi connectivity index (χ0) is 58.0. The van der Waals surface area contributed by atoms with E-state index in [2.05, 4.69) is 123 Å². The van der Waals surface area contributed by atoms with Gasteiger partial charge in [-0.1, -0.05) is 184 Å². The molecule has 1 N–H and O–H groups in total. The number of nitrogens with one attached hydrogen (secondary N) is 1. The molecule has 0 aliphatic heterocycles. The summed E-state index contributed by atoms with van der Waals surface area (Å²) in [5.74, 6) is 0. The molecular weight excluding hydrogens is 1020 g/mol. The van der Waals surface area contributed by atoms with Crippen LogP contribution in [0.15, 0.2) is 86.2 Å². The van der Waals surface area contributed by atoms with Gasteiger partial charge in [0.15, 0.2) is 0 Å². The second-order valence-electron chi connectivity index (χ2n) is 27.4. The summed E-state index contributed by atoms with van der Waals surface area (Å²) >= 11 is 0. The van der Waals surface area contributed by atoms with Crippen molar-refractivity contribution in [3.63, 3.8) is 0 Å². The number of unbranched alkanes of at least 4 members (excludes halogenated alkanes) is 12. The van der Waals surface area contributed by atoms with E-state index < -0.39 is 0 Å². The fourth-order valence-electron chi connectivity index (χ4n) is 15.6. The summed E-state index contributed by atoms with van der Waals surface area (Å²) in [5.41, 5.74) is 2.93. The lowest BCUT2D eigenvalue weighted by Crippen LogP contribution is -2.37. The molecule has 13 rings (SSSR count). The van der Waals surface area contributed by atoms with Gasteiger partial charge < -0.3 is 4.98 Å². The molecule has 0 unspecified atom stereocenters. The average molecular weight is 1110 g/mol. The third kappa shape index (κ3) is 8.51. The first kappa shape index (κ1) is 55.3. The smallest absolute Gasteiger partial charge is 0.261 e. The van der Waals surface area contributed by atoms with Crippen LogP contribution in [0, 0.1) is 0 Å². The summed E-state index contributed by atoms with van der Waals surface area (Å²) in [6, 6.07) is 21.6. The van der Waals surface area contributed by atoms with Crippen LogP contribution in [0.4, 0.5) is 0 Å². The molecule has 0 radical (unpaired) electrons. The molecule has 0 amide bonds. The van der Waals surface area contributed by atoms with E-state index in [4.69, 9.17) is 4.98 Å². The number of H-pyrrole nitrogens is 1. The van der Waals surface area contributed by atoms with Crippen molar-refractivity contribution >= 4 is 130 Å². The van der Waals surface area contributed by atoms with E-state index in [0.717, 1.165) is 226 Å². The van der Waals surface area contributed by atoms with Gasteiger partial charge in [0.2, 0.25) is 0 Å². The fraction of sp³-hybridized carbons (Fsp3) is 0.453. The molecular formula is C75H84N4O4. The SMILES string of the molecule is CCCCCCC(CCCCCC)n1c(=O)c2ccc3c4ccc5c(=O)n(C(CCCCCC)CCCCCC)c(=O)c6cc7c8c9cc(C(C)(C)C)cc%10c%11[nH]cnc%11c%11cc(C(C)(C)C)cc(c%11c%109)c8c8cc(c1=O)c2c3c8c7c4c56. The predicted octanol–water partition coefficient (Wildman–Crippen LogP) is 20.0. The van der Waals surface area contributed by atoms with Gasteiger partial charge in [0.05, 0.1) is 17.4 Å². The van der Waals surface area contributed by atoms with Crippen molar-refractivity contribution in [2.45, 2.75) is 221 Å². The highest BCUT2D eigenvalue weighted by Gasteiger charge is 2.33. The van der Waals surface area contributed by atoms with Crippen LogP contribution in [0.1, 0.15) is 221 Å². The van der Waals surface area contributed by atoms with Gasteiger partial charge in [0, 0.05) is 65.9 Å². The van der Waals surface area contributed by atoms with Crippen molar-refractivity contribution in [3.05, 3.63) is 120 Å². The minimum absolute atomic E-state index is 0.205. The molecule has 0 fully saturated rings. The number of benzene rings is 10. The molecule has 0 aliphatic rings. The number of imidazole rings is 1. The first-order valence-electron chi connectivity index (χ1n) is 32.2. The highest BCUT2D eigenvalue weighted by Crippen LogP contribution is 2.56. The van der Waals surface area contributed by atoms with E-state index in [1.165, 1.54) is 11.1 Å². The van der Waals surface area contributed by atoms with E-state index >= 15 is 19.2 Å². The minimum atomic E-state index is -0.254. The number of hydrogen-bond acceptors (Lipinski definition) is 5. The lowest BCUT2D eigenvalue weighted by atomic mass is 9.76. The Morgan fingerprint density at radius 3 is 1.07 bits per heavy atom. The van der Waals surface area contributed by atoms with Crippen LogP contribution >= 0.6 is 0 Å². The Morgan fingerprint density at radius 2 is 0.675 bits per heavy atom. The van der Waals surface area contributed by atoms with Gasteiger partial charge in [-0.2, -0.15) is 0 Å². The first-order valence-corrected chi connectivity index (χ1v) is 32.2. The Bertz CT molecular complexity index is 4540. The molecule has 13 aromatic rings. The van der Waals surface area contributed by atoms with Gasteiger partial charge in [0.25, 0.3) is 22.2 Å². The van der Waals surface area contributed by atoms with Crippen LogP contribution < -0.4 is 22.2 Å². The third-order valence-corrected chi connectivity index (χ3v) is 19.9. The molecule has 0 saturated heterocycles. The number of rotatable bonds is 22. The van der Waals surface area contributed by atoms with Crippen LogP contribution in [0.2, 0.25) is 0 Å². The van der Waals surface area contributed by atoms with Crippen molar-refractivity contribution in [1.29, 1.82) is 0 Å². The van der Waals surface area contributed by atoms with Gasteiger partial charge in [-0.05, 0) is 161 Å². The zero-order valence-electron chi connectivity index (χ0n) is 51.1. The molecule has 0 saturated carbocycles. The second kappa shape index (κ2) is 21.0. The van der Waals surface area contributed by atoms with Gasteiger partial charge in [-0.3, -0.25) is 28.3 Å². The Balaban J connectivity index is 1.28. The standard InChI is InChI=1S/C75H84N4O4/c1-11-15-19-23-27-44(28-24-20-16-12-2)78-70(80)48-33-31-46-47-32-34-49-59-57(73(83)79(71(49)81)45(29-25-21-17-13-3)30-26-22-18-14-4)40-53-61-51-36-43(75(8,9)10)38-55-63(51)62-50(35-42(74(5,6)7)37-54(62)68-69(55)77-41-76-68)60(61)52-39-56(72(78)82)58(48)64(46)66(52)67(53)65(47)59/h31-41,44-45H,11-30H2,1-10H3,(H,76,77). The van der Waals surface area contributed by atoms with Gasteiger partial charge in [-0.25, -0.2) is 4.98 Å². The number of nitrogens with zero attached hydrogens (tertiary/aromatic N) is 3. The quantitative estimate of drug-likeness (QED) is 0.0413. The van der Waals surface area contributed by atoms with Gasteiger partial charge in [-0.15, -0.1) is 0 Å². The highest BCUT2D eigenvalue weighted by molar-refractivity contribution is 6.54. The molecule has 0 atom stereocenters. The monoisotopic (exact) mass is 1100 g/mol. The fourth-order valence-corrected chi connectivity index (χ4v) is 15.6. The Labute approximate surface area is 486 Å². The topological polar surface area (TPSA) is 107 Å². The molecule has 10 aromatic carbocycles. The molecule has 83 heavy (non-hydrogen) atoms. The molecule has 3 aromatic heterocycles. The molecule has 428 valence electrons. The molecule has 0 aliphatic carbocycles. The number of pyridine rings is 2. The third-order valence-electron chi connectivity index (χ3n) is 19.9. The molecule has 8 nitrogen and oxygen atoms in total. The van der Waals surface area contributed by atoms with Gasteiger partial charge >= 0.3 is 0 Å². The predicted molar refractivity (Wildman–Crippen MR) is 356 cm³/mol. The first-order chi connectivity index (χ1) is 40.0. The lowest BCUT2D eigenvalue weighted by Gasteiger charge is -2.28. The largest absolute Gasteiger partial charge is 0.344 e. The minimum Gasteiger partial charge on any atom is -0.344 e. The summed E-state index contributed by atoms with van der Waals surface area (Å²) < 4.78 is 3.36. The van der Waals surface area contributed by atoms with E-state index in [0.29, 0.717) is 32.3 Å². The normalized spacial score (nSPS) is 13.3. The van der Waals surface area contributed by atoms with Crippen LogP contribution in [0.5, 0.6) is 0 Å². The van der Waals surface area contributed by atoms with E-state index in [9.17, 15) is 0 Å². The summed E-state index contributed by atoms with van der Waals surface area (Å²) in [6.07, 6.45) is 22.1. The maximum Gasteiger partial charge on any atom is 0.261 e. The Kier molecular flexibility index (Phi) is 14.0. The Morgan fingerprint density at radius 1 is 0.361 bits per heavy atom. The lowest BCUT2D eigenvalue weighted by molar-refractivity contribution is 0.384. The number of hydrogen-bond donors (Lipinski definition) is 1. The average Bonchev–Trinajstić information content (AvgIpc) is 0.950. The van der Waals surface area contributed by atoms with E-state index in [1.54, 1.807) is 9.13 Å². The summed E-state index contributed by atoms with van der Waals surface area (Å²) in [4.78, 5) is 72.2.